The Hall–Kier alpha value is -1.20. The molecule has 0 spiro atoms. The molecule has 0 amide bonds. The molecule has 0 aliphatic carbocycles. The van der Waals surface area contributed by atoms with E-state index >= 15 is 0 Å². The first-order chi connectivity index (χ1) is 9.32. The molecular weight excluding hydrogens is 300 g/mol. The van der Waals surface area contributed by atoms with Crippen LogP contribution in [0.3, 0.4) is 0 Å². The molecule has 0 fully saturated rings. The van der Waals surface area contributed by atoms with E-state index < -0.39 is 17.4 Å². The summed E-state index contributed by atoms with van der Waals surface area (Å²) in [7, 11) is 0. The van der Waals surface area contributed by atoms with Gasteiger partial charge in [-0.2, -0.15) is 0 Å². The molecule has 106 valence electrons. The first-order valence-corrected chi connectivity index (χ1v) is 6.69. The van der Waals surface area contributed by atoms with E-state index in [9.17, 15) is 4.39 Å². The smallest absolute Gasteiger partial charge is 0.142 e. The Kier molecular flexibility index (Phi) is 4.30. The summed E-state index contributed by atoms with van der Waals surface area (Å²) < 4.78 is 13.5. The molecular formula is C14H14Cl2FN3. The molecule has 1 heterocycles. The van der Waals surface area contributed by atoms with Gasteiger partial charge in [0.1, 0.15) is 11.0 Å². The van der Waals surface area contributed by atoms with E-state index in [2.05, 4.69) is 4.98 Å². The first-order valence-electron chi connectivity index (χ1n) is 5.94. The molecule has 6 heteroatoms. The van der Waals surface area contributed by atoms with E-state index in [1.165, 1.54) is 12.1 Å². The Morgan fingerprint density at radius 2 is 1.95 bits per heavy atom. The van der Waals surface area contributed by atoms with Crippen LogP contribution in [0.25, 0.3) is 0 Å². The van der Waals surface area contributed by atoms with Gasteiger partial charge in [0.05, 0.1) is 16.6 Å². The highest BCUT2D eigenvalue weighted by Gasteiger charge is 2.31. The molecule has 0 aliphatic heterocycles. The maximum absolute atomic E-state index is 13.5. The molecule has 2 aromatic rings. The third-order valence-electron chi connectivity index (χ3n) is 3.30. The monoisotopic (exact) mass is 313 g/mol. The number of aromatic nitrogens is 1. The molecule has 0 saturated carbocycles. The van der Waals surface area contributed by atoms with Crippen LogP contribution in [0.5, 0.6) is 0 Å². The van der Waals surface area contributed by atoms with E-state index in [1.807, 2.05) is 0 Å². The van der Waals surface area contributed by atoms with Gasteiger partial charge in [0.2, 0.25) is 0 Å². The lowest BCUT2D eigenvalue weighted by Gasteiger charge is -2.32. The van der Waals surface area contributed by atoms with Crippen molar-refractivity contribution in [3.63, 3.8) is 0 Å². The second-order valence-corrected chi connectivity index (χ2v) is 5.60. The Morgan fingerprint density at radius 3 is 2.50 bits per heavy atom. The van der Waals surface area contributed by atoms with Crippen molar-refractivity contribution in [2.24, 2.45) is 11.5 Å². The zero-order valence-corrected chi connectivity index (χ0v) is 12.3. The fraction of sp³-hybridized carbons (Fsp3) is 0.214. The number of benzene rings is 1. The summed E-state index contributed by atoms with van der Waals surface area (Å²) in [5.74, 6) is -0.523. The zero-order valence-electron chi connectivity index (χ0n) is 10.8. The van der Waals surface area contributed by atoms with Gasteiger partial charge in [0, 0.05) is 6.20 Å². The summed E-state index contributed by atoms with van der Waals surface area (Å²) in [5, 5.41) is 0.420. The van der Waals surface area contributed by atoms with Gasteiger partial charge >= 0.3 is 0 Å². The average molecular weight is 314 g/mol. The number of nitrogens with zero attached hydrogens (tertiary/aromatic N) is 1. The minimum atomic E-state index is -0.919. The van der Waals surface area contributed by atoms with Gasteiger partial charge in [0.15, 0.2) is 0 Å². The second-order valence-electron chi connectivity index (χ2n) is 4.80. The van der Waals surface area contributed by atoms with E-state index in [0.717, 1.165) is 0 Å². The highest BCUT2D eigenvalue weighted by atomic mass is 35.5. The van der Waals surface area contributed by atoms with Crippen molar-refractivity contribution in [2.75, 3.05) is 0 Å². The maximum atomic E-state index is 13.5. The molecule has 4 N–H and O–H groups in total. The topological polar surface area (TPSA) is 64.9 Å². The summed E-state index contributed by atoms with van der Waals surface area (Å²) in [5.41, 5.74) is 12.8. The van der Waals surface area contributed by atoms with Crippen molar-refractivity contribution in [3.8, 4) is 0 Å². The Balaban J connectivity index is 2.37. The summed E-state index contributed by atoms with van der Waals surface area (Å²) in [4.78, 5) is 3.99. The summed E-state index contributed by atoms with van der Waals surface area (Å²) >= 11 is 11.4. The molecule has 0 radical (unpaired) electrons. The normalized spacial score (nSPS) is 15.7. The number of rotatable bonds is 3. The van der Waals surface area contributed by atoms with E-state index in [-0.39, 0.29) is 5.02 Å². The Bertz CT molecular complexity index is 614. The lowest BCUT2D eigenvalue weighted by Crippen LogP contribution is -2.44. The maximum Gasteiger partial charge on any atom is 0.142 e. The molecule has 2 unspecified atom stereocenters. The zero-order chi connectivity index (χ0) is 14.9. The number of hydrogen-bond acceptors (Lipinski definition) is 3. The third-order valence-corrected chi connectivity index (χ3v) is 3.83. The average Bonchev–Trinajstić information content (AvgIpc) is 2.41. The van der Waals surface area contributed by atoms with Crippen LogP contribution in [0, 0.1) is 5.82 Å². The highest BCUT2D eigenvalue weighted by Crippen LogP contribution is 2.32. The van der Waals surface area contributed by atoms with Crippen molar-refractivity contribution in [3.05, 3.63) is 63.6 Å². The highest BCUT2D eigenvalue weighted by molar-refractivity contribution is 6.30. The van der Waals surface area contributed by atoms with Crippen LogP contribution < -0.4 is 11.5 Å². The predicted molar refractivity (Wildman–Crippen MR) is 79.1 cm³/mol. The minimum absolute atomic E-state index is 0.0489. The number of hydrogen-bond donors (Lipinski definition) is 2. The van der Waals surface area contributed by atoms with Crippen molar-refractivity contribution in [1.82, 2.24) is 4.98 Å². The van der Waals surface area contributed by atoms with Crippen LogP contribution in [0.1, 0.15) is 24.1 Å². The molecule has 2 rings (SSSR count). The van der Waals surface area contributed by atoms with Gasteiger partial charge in [0.25, 0.3) is 0 Å². The van der Waals surface area contributed by atoms with Gasteiger partial charge in [-0.05, 0) is 36.2 Å². The fourth-order valence-corrected chi connectivity index (χ4v) is 2.16. The quantitative estimate of drug-likeness (QED) is 0.853. The van der Waals surface area contributed by atoms with Gasteiger partial charge in [-0.25, -0.2) is 9.37 Å². The molecule has 3 nitrogen and oxygen atoms in total. The summed E-state index contributed by atoms with van der Waals surface area (Å²) in [6.45, 7) is 1.76. The molecule has 1 aromatic carbocycles. The van der Waals surface area contributed by atoms with Crippen LogP contribution >= 0.6 is 23.2 Å². The van der Waals surface area contributed by atoms with Crippen LogP contribution in [-0.4, -0.2) is 4.98 Å². The van der Waals surface area contributed by atoms with E-state index in [1.54, 1.807) is 31.3 Å². The Labute approximate surface area is 126 Å². The van der Waals surface area contributed by atoms with Gasteiger partial charge in [-0.1, -0.05) is 35.3 Å². The SMILES string of the molecule is CC(N)(c1ccc(Cl)nc1)C(N)c1ccc(Cl)c(F)c1. The molecule has 0 aliphatic rings. The standard InChI is InChI=1S/C14H14Cl2FN3/c1-14(19,9-3-5-12(16)20-7-9)13(18)8-2-4-10(15)11(17)6-8/h2-7,13H,18-19H2,1H3. The lowest BCUT2D eigenvalue weighted by atomic mass is 9.83. The van der Waals surface area contributed by atoms with Crippen molar-refractivity contribution >= 4 is 23.2 Å². The van der Waals surface area contributed by atoms with Gasteiger partial charge in [-0.15, -0.1) is 0 Å². The van der Waals surface area contributed by atoms with Crippen molar-refractivity contribution in [1.29, 1.82) is 0 Å². The van der Waals surface area contributed by atoms with E-state index in [0.29, 0.717) is 16.3 Å². The lowest BCUT2D eigenvalue weighted by molar-refractivity contribution is 0.394. The van der Waals surface area contributed by atoms with Crippen molar-refractivity contribution in [2.45, 2.75) is 18.5 Å². The molecule has 1 aromatic heterocycles. The van der Waals surface area contributed by atoms with Crippen LogP contribution in [0.15, 0.2) is 36.5 Å². The molecule has 0 saturated heterocycles. The molecule has 2 atom stereocenters. The molecule has 0 bridgehead atoms. The fourth-order valence-electron chi connectivity index (χ4n) is 1.93. The third kappa shape index (κ3) is 2.94. The first kappa shape index (κ1) is 15.2. The molecule has 20 heavy (non-hydrogen) atoms. The number of halogens is 3. The largest absolute Gasteiger partial charge is 0.322 e. The van der Waals surface area contributed by atoms with Crippen LogP contribution in [0.4, 0.5) is 4.39 Å². The van der Waals surface area contributed by atoms with E-state index in [4.69, 9.17) is 34.7 Å². The number of pyridine rings is 1. The number of nitrogens with two attached hydrogens (primary N) is 2. The van der Waals surface area contributed by atoms with Crippen molar-refractivity contribution < 1.29 is 4.39 Å². The second kappa shape index (κ2) is 5.66. The summed E-state index contributed by atoms with van der Waals surface area (Å²) in [6, 6.07) is 7.18. The van der Waals surface area contributed by atoms with Gasteiger partial charge < -0.3 is 11.5 Å². The van der Waals surface area contributed by atoms with Gasteiger partial charge in [-0.3, -0.25) is 0 Å². The van der Waals surface area contributed by atoms with Crippen LogP contribution in [0.2, 0.25) is 10.2 Å². The Morgan fingerprint density at radius 1 is 1.25 bits per heavy atom. The predicted octanol–water partition coefficient (Wildman–Crippen LogP) is 3.40. The minimum Gasteiger partial charge on any atom is -0.322 e. The van der Waals surface area contributed by atoms with Crippen LogP contribution in [-0.2, 0) is 5.54 Å². The summed E-state index contributed by atoms with van der Waals surface area (Å²) in [6.07, 6.45) is 1.56.